The molecule has 0 aromatic heterocycles. The first-order valence-corrected chi connectivity index (χ1v) is 12.3. The lowest BCUT2D eigenvalue weighted by molar-refractivity contribution is -0.386. The molecular formula is C21H33F9NO5P. The quantitative estimate of drug-likeness (QED) is 0.275. The molecule has 1 aliphatic heterocycles. The zero-order valence-electron chi connectivity index (χ0n) is 21.5. The van der Waals surface area contributed by atoms with E-state index in [2.05, 4.69) is 13.8 Å². The van der Waals surface area contributed by atoms with E-state index in [0.717, 1.165) is 12.8 Å². The lowest BCUT2D eigenvalue weighted by atomic mass is 10.1. The Hall–Kier alpha value is -1.76. The van der Waals surface area contributed by atoms with Gasteiger partial charge in [-0.1, -0.05) is 38.7 Å². The third-order valence-electron chi connectivity index (χ3n) is 4.39. The number of carbonyl (C=O) groups is 1. The van der Waals surface area contributed by atoms with Crippen molar-refractivity contribution in [3.63, 3.8) is 0 Å². The second kappa shape index (κ2) is 13.3. The monoisotopic (exact) mass is 581 g/mol. The van der Waals surface area contributed by atoms with E-state index in [9.17, 15) is 58.9 Å². The molecule has 16 heteroatoms. The van der Waals surface area contributed by atoms with Gasteiger partial charge in [-0.2, -0.15) is 39.5 Å². The van der Waals surface area contributed by atoms with Crippen molar-refractivity contribution in [2.75, 3.05) is 6.54 Å². The van der Waals surface area contributed by atoms with Crippen molar-refractivity contribution in [3.05, 3.63) is 11.8 Å². The molecule has 0 bridgehead atoms. The van der Waals surface area contributed by atoms with Crippen molar-refractivity contribution in [2.24, 2.45) is 0 Å². The van der Waals surface area contributed by atoms with Gasteiger partial charge < -0.3 is 14.7 Å². The maximum atomic E-state index is 12.1. The number of halogens is 9. The first-order chi connectivity index (χ1) is 16.4. The lowest BCUT2D eigenvalue weighted by Gasteiger charge is -2.35. The number of carbonyl (C=O) groups excluding carboxylic acids is 1. The number of rotatable bonds is 3. The fourth-order valence-corrected chi connectivity index (χ4v) is 2.92. The number of ether oxygens (including phenoxy) is 1. The Morgan fingerprint density at radius 2 is 1.43 bits per heavy atom. The largest absolute Gasteiger partial charge is 0.590 e. The minimum atomic E-state index is -7.17. The molecule has 0 aromatic rings. The van der Waals surface area contributed by atoms with Crippen LogP contribution in [0.4, 0.5) is 44.3 Å². The Kier molecular flexibility index (Phi) is 13.5. The molecule has 0 aromatic carbocycles. The topological polar surface area (TPSA) is 89.9 Å². The van der Waals surface area contributed by atoms with E-state index in [0.29, 0.717) is 18.7 Å². The molecule has 1 saturated carbocycles. The fourth-order valence-electron chi connectivity index (χ4n) is 2.55. The molecule has 220 valence electrons. The highest BCUT2D eigenvalue weighted by atomic mass is 31.1. The Labute approximate surface area is 210 Å². The molecule has 6 nitrogen and oxygen atoms in total. The van der Waals surface area contributed by atoms with Crippen LogP contribution < -0.4 is 4.89 Å². The summed E-state index contributed by atoms with van der Waals surface area (Å²) in [5.41, 5.74) is -7.13. The van der Waals surface area contributed by atoms with Gasteiger partial charge in [-0.05, 0) is 39.7 Å². The maximum absolute atomic E-state index is 12.1. The summed E-state index contributed by atoms with van der Waals surface area (Å²) in [7, 11) is -5.51. The molecule has 1 N–H and O–H groups in total. The van der Waals surface area contributed by atoms with Crippen LogP contribution in [0.15, 0.2) is 11.8 Å². The van der Waals surface area contributed by atoms with E-state index in [1.165, 1.54) is 6.42 Å². The van der Waals surface area contributed by atoms with Gasteiger partial charge in [-0.3, -0.25) is 4.90 Å². The third-order valence-corrected chi connectivity index (χ3v) is 5.13. The van der Waals surface area contributed by atoms with Crippen molar-refractivity contribution in [1.82, 2.24) is 4.90 Å². The molecule has 1 fully saturated rings. The predicted octanol–water partition coefficient (Wildman–Crippen LogP) is 7.56. The average Bonchev–Trinajstić information content (AvgIpc) is 3.46. The number of alkyl halides is 9. The predicted molar refractivity (Wildman–Crippen MR) is 116 cm³/mol. The number of aliphatic hydroxyl groups is 1. The van der Waals surface area contributed by atoms with Crippen molar-refractivity contribution < 1.29 is 63.6 Å². The van der Waals surface area contributed by atoms with Gasteiger partial charge in [-0.15, -0.1) is 0 Å². The molecule has 1 aliphatic carbocycles. The van der Waals surface area contributed by atoms with Crippen LogP contribution in [0.25, 0.3) is 0 Å². The number of nitrogens with zero attached hydrogens (tertiary/aromatic N) is 1. The molecule has 37 heavy (non-hydrogen) atoms. The summed E-state index contributed by atoms with van der Waals surface area (Å²) < 4.78 is 121. The second-order valence-electron chi connectivity index (χ2n) is 8.84. The summed E-state index contributed by atoms with van der Waals surface area (Å²) in [4.78, 5) is 23.3. The van der Waals surface area contributed by atoms with E-state index in [4.69, 9.17) is 4.74 Å². The summed E-state index contributed by atoms with van der Waals surface area (Å²) >= 11 is 0. The third kappa shape index (κ3) is 9.49. The Morgan fingerprint density at radius 3 is 1.73 bits per heavy atom. The molecule has 1 spiro atoms. The highest BCUT2D eigenvalue weighted by Crippen LogP contribution is 2.58. The standard InChI is InChI=1S/C12H19NO3.C4F9O2P.C3H8.C2H6/c1-11(2,3)16-10(15)13-7-4-9(14)8-12(13)5-6-12;5-1(6,3(9,10)11)2(7,8)4(12,13)16(14)15;1-3-2;1-2/h4,14H,5-8H2,1-3H3;;3H2,1-2H3;1-2H3. The number of amides is 1. The first-order valence-electron chi connectivity index (χ1n) is 11.2. The molecule has 1 heterocycles. The van der Waals surface area contributed by atoms with Crippen LogP contribution >= 0.6 is 8.03 Å². The van der Waals surface area contributed by atoms with Gasteiger partial charge in [-0.25, -0.2) is 4.79 Å². The summed E-state index contributed by atoms with van der Waals surface area (Å²) in [5.74, 6) is -13.9. The highest BCUT2D eigenvalue weighted by molar-refractivity contribution is 7.38. The molecular weight excluding hydrogens is 548 g/mol. The van der Waals surface area contributed by atoms with Crippen LogP contribution in [-0.2, 0) is 9.30 Å². The van der Waals surface area contributed by atoms with Gasteiger partial charge in [0.15, 0.2) is 0 Å². The minimum Gasteiger partial charge on any atom is -0.590 e. The fraction of sp³-hybridized carbons (Fsp3) is 0.857. The Balaban J connectivity index is 0. The smallest absolute Gasteiger partial charge is 0.510 e. The highest BCUT2D eigenvalue weighted by Gasteiger charge is 2.87. The van der Waals surface area contributed by atoms with Crippen LogP contribution in [-0.4, -0.2) is 57.5 Å². The zero-order valence-corrected chi connectivity index (χ0v) is 22.4. The lowest BCUT2D eigenvalue weighted by Crippen LogP contribution is -2.60. The van der Waals surface area contributed by atoms with E-state index in [-0.39, 0.29) is 11.6 Å². The molecule has 0 radical (unpaired) electrons. The van der Waals surface area contributed by atoms with E-state index < -0.39 is 37.3 Å². The van der Waals surface area contributed by atoms with E-state index in [1.807, 2.05) is 34.6 Å². The van der Waals surface area contributed by atoms with Gasteiger partial charge in [0.25, 0.3) is 0 Å². The molecule has 1 atom stereocenters. The van der Waals surface area contributed by atoms with Crippen LogP contribution in [0.3, 0.4) is 0 Å². The van der Waals surface area contributed by atoms with Crippen molar-refractivity contribution in [2.45, 2.75) is 109 Å². The van der Waals surface area contributed by atoms with Crippen LogP contribution in [0.2, 0.25) is 0 Å². The number of aliphatic hydroxyl groups excluding tert-OH is 1. The van der Waals surface area contributed by atoms with Gasteiger partial charge in [0.2, 0.25) is 0 Å². The normalized spacial score (nSPS) is 17.6. The molecule has 1 amide bonds. The van der Waals surface area contributed by atoms with Gasteiger partial charge in [0, 0.05) is 13.0 Å². The second-order valence-corrected chi connectivity index (χ2v) is 9.92. The Morgan fingerprint density at radius 1 is 1.03 bits per heavy atom. The zero-order chi connectivity index (χ0) is 30.3. The van der Waals surface area contributed by atoms with Gasteiger partial charge in [0.1, 0.15) is 5.60 Å². The van der Waals surface area contributed by atoms with Crippen molar-refractivity contribution in [1.29, 1.82) is 0 Å². The summed E-state index contributed by atoms with van der Waals surface area (Å²) in [5, 5.41) is 9.50. The summed E-state index contributed by atoms with van der Waals surface area (Å²) in [6.45, 7) is 14.3. The summed E-state index contributed by atoms with van der Waals surface area (Å²) in [6.07, 6.45) is -1.84. The molecule has 2 rings (SSSR count). The first kappa shape index (κ1) is 37.4. The minimum absolute atomic E-state index is 0.152. The van der Waals surface area contributed by atoms with Gasteiger partial charge in [0.05, 0.1) is 11.3 Å². The van der Waals surface area contributed by atoms with Crippen molar-refractivity contribution in [3.8, 4) is 0 Å². The SMILES string of the molecule is CC.CC(C)(C)OC(=O)N1CC=C(O)CC12CC2.CCC.O=[P+]([O-])C(F)(F)C(F)(F)C(F)(F)C(F)(F)F. The number of hydrogen-bond donors (Lipinski definition) is 1. The maximum Gasteiger partial charge on any atom is 0.510 e. The molecule has 0 saturated heterocycles. The summed E-state index contributed by atoms with van der Waals surface area (Å²) in [6, 6.07) is 0. The van der Waals surface area contributed by atoms with E-state index in [1.54, 1.807) is 11.0 Å². The van der Waals surface area contributed by atoms with Crippen LogP contribution in [0, 0.1) is 0 Å². The molecule has 2 aliphatic rings. The van der Waals surface area contributed by atoms with E-state index >= 15 is 0 Å². The number of hydrogen-bond acceptors (Lipinski definition) is 5. The molecule has 1 unspecified atom stereocenters. The van der Waals surface area contributed by atoms with Gasteiger partial charge >= 0.3 is 37.8 Å². The van der Waals surface area contributed by atoms with Crippen molar-refractivity contribution >= 4 is 14.1 Å². The van der Waals surface area contributed by atoms with Crippen LogP contribution in [0.1, 0.15) is 74.1 Å². The average molecular weight is 581 g/mol. The Bertz CT molecular complexity index is 792. The van der Waals surface area contributed by atoms with Crippen LogP contribution in [0.5, 0.6) is 0 Å².